The minimum absolute atomic E-state index is 0.0191. The van der Waals surface area contributed by atoms with E-state index < -0.39 is 11.9 Å². The van der Waals surface area contributed by atoms with Crippen molar-refractivity contribution in [2.45, 2.75) is 41.0 Å². The molecule has 0 heterocycles. The largest absolute Gasteiger partial charge is 0.478 e. The average Bonchev–Trinajstić information content (AvgIpc) is 2.10. The molecule has 1 unspecified atom stereocenters. The third-order valence-electron chi connectivity index (χ3n) is 2.65. The van der Waals surface area contributed by atoms with Crippen LogP contribution in [0.15, 0.2) is 11.1 Å². The molecular weight excluding hydrogens is 220 g/mol. The van der Waals surface area contributed by atoms with Crippen molar-refractivity contribution in [3.63, 3.8) is 0 Å². The summed E-state index contributed by atoms with van der Waals surface area (Å²) in [4.78, 5) is 22.4. The SMILES string of the molecule is CC(C)CC(C)C(C(=O)O)=C(C(=O)O)C(C)C. The molecule has 0 aliphatic heterocycles. The Balaban J connectivity index is 5.52. The highest BCUT2D eigenvalue weighted by Crippen LogP contribution is 2.26. The van der Waals surface area contributed by atoms with Gasteiger partial charge < -0.3 is 10.2 Å². The molecule has 0 bridgehead atoms. The van der Waals surface area contributed by atoms with Gasteiger partial charge in [-0.05, 0) is 24.2 Å². The van der Waals surface area contributed by atoms with Crippen LogP contribution in [0.4, 0.5) is 0 Å². The van der Waals surface area contributed by atoms with Crippen LogP contribution in [0.1, 0.15) is 41.0 Å². The molecular formula is C13H22O4. The minimum atomic E-state index is -1.13. The Hall–Kier alpha value is -1.32. The highest BCUT2D eigenvalue weighted by atomic mass is 16.4. The van der Waals surface area contributed by atoms with Crippen LogP contribution in [-0.4, -0.2) is 22.2 Å². The molecule has 0 aliphatic rings. The van der Waals surface area contributed by atoms with Crippen LogP contribution >= 0.6 is 0 Å². The van der Waals surface area contributed by atoms with Crippen LogP contribution in [-0.2, 0) is 9.59 Å². The topological polar surface area (TPSA) is 74.6 Å². The molecule has 4 heteroatoms. The van der Waals surface area contributed by atoms with E-state index in [1.807, 2.05) is 13.8 Å². The molecule has 0 radical (unpaired) electrons. The van der Waals surface area contributed by atoms with Crippen molar-refractivity contribution in [1.29, 1.82) is 0 Å². The van der Waals surface area contributed by atoms with Crippen LogP contribution in [0.2, 0.25) is 0 Å². The number of hydrogen-bond acceptors (Lipinski definition) is 2. The lowest BCUT2D eigenvalue weighted by molar-refractivity contribution is -0.136. The Morgan fingerprint density at radius 3 is 1.53 bits per heavy atom. The molecule has 0 amide bonds. The zero-order valence-electron chi connectivity index (χ0n) is 11.2. The van der Waals surface area contributed by atoms with Gasteiger partial charge in [0, 0.05) is 0 Å². The van der Waals surface area contributed by atoms with Crippen LogP contribution in [0, 0.1) is 17.8 Å². The van der Waals surface area contributed by atoms with Crippen molar-refractivity contribution in [3.05, 3.63) is 11.1 Å². The molecule has 0 spiro atoms. The van der Waals surface area contributed by atoms with E-state index in [9.17, 15) is 14.7 Å². The molecule has 1 atom stereocenters. The molecule has 0 aromatic rings. The van der Waals surface area contributed by atoms with Gasteiger partial charge in [-0.1, -0.05) is 34.6 Å². The van der Waals surface area contributed by atoms with E-state index in [0.717, 1.165) is 0 Å². The first-order chi connectivity index (χ1) is 7.68. The summed E-state index contributed by atoms with van der Waals surface area (Å²) in [5, 5.41) is 18.3. The maximum absolute atomic E-state index is 11.3. The number of carboxylic acids is 2. The predicted octanol–water partition coefficient (Wildman–Crippen LogP) is 2.79. The number of carbonyl (C=O) groups is 2. The van der Waals surface area contributed by atoms with Gasteiger partial charge >= 0.3 is 11.9 Å². The van der Waals surface area contributed by atoms with E-state index in [1.165, 1.54) is 0 Å². The molecule has 4 nitrogen and oxygen atoms in total. The van der Waals surface area contributed by atoms with Gasteiger partial charge in [0.15, 0.2) is 0 Å². The summed E-state index contributed by atoms with van der Waals surface area (Å²) in [5.41, 5.74) is 0.0619. The molecule has 0 saturated carbocycles. The van der Waals surface area contributed by atoms with Crippen molar-refractivity contribution < 1.29 is 19.8 Å². The normalized spacial score (nSPS) is 14.8. The number of rotatable bonds is 6. The van der Waals surface area contributed by atoms with E-state index >= 15 is 0 Å². The molecule has 2 N–H and O–H groups in total. The van der Waals surface area contributed by atoms with Gasteiger partial charge in [0.2, 0.25) is 0 Å². The van der Waals surface area contributed by atoms with E-state index in [1.54, 1.807) is 20.8 Å². The minimum Gasteiger partial charge on any atom is -0.478 e. The van der Waals surface area contributed by atoms with E-state index in [4.69, 9.17) is 5.11 Å². The summed E-state index contributed by atoms with van der Waals surface area (Å²) < 4.78 is 0. The third kappa shape index (κ3) is 4.59. The van der Waals surface area contributed by atoms with Gasteiger partial charge in [0.25, 0.3) is 0 Å². The van der Waals surface area contributed by atoms with Crippen molar-refractivity contribution in [3.8, 4) is 0 Å². The second-order valence-corrected chi connectivity index (χ2v) is 5.12. The molecule has 98 valence electrons. The Morgan fingerprint density at radius 2 is 1.29 bits per heavy atom. The zero-order chi connectivity index (χ0) is 13.7. The fourth-order valence-corrected chi connectivity index (χ4v) is 2.09. The lowest BCUT2D eigenvalue weighted by atomic mass is 9.85. The maximum atomic E-state index is 11.3. The first-order valence-corrected chi connectivity index (χ1v) is 5.89. The summed E-state index contributed by atoms with van der Waals surface area (Å²) in [6.07, 6.45) is 0.672. The van der Waals surface area contributed by atoms with Crippen LogP contribution in [0.5, 0.6) is 0 Å². The number of carboxylic acid groups (broad SMARTS) is 2. The number of hydrogen-bond donors (Lipinski definition) is 2. The van der Waals surface area contributed by atoms with Crippen molar-refractivity contribution in [2.24, 2.45) is 17.8 Å². The Morgan fingerprint density at radius 1 is 0.882 bits per heavy atom. The average molecular weight is 242 g/mol. The predicted molar refractivity (Wildman–Crippen MR) is 65.8 cm³/mol. The second-order valence-electron chi connectivity index (χ2n) is 5.12. The Labute approximate surface area is 102 Å². The van der Waals surface area contributed by atoms with Gasteiger partial charge in [0.05, 0.1) is 11.1 Å². The van der Waals surface area contributed by atoms with Crippen LogP contribution in [0.3, 0.4) is 0 Å². The summed E-state index contributed by atoms with van der Waals surface area (Å²) in [5.74, 6) is -2.46. The first kappa shape index (κ1) is 15.7. The lowest BCUT2D eigenvalue weighted by Crippen LogP contribution is -2.21. The zero-order valence-corrected chi connectivity index (χ0v) is 11.2. The van der Waals surface area contributed by atoms with Gasteiger partial charge in [-0.25, -0.2) is 9.59 Å². The van der Waals surface area contributed by atoms with Crippen molar-refractivity contribution in [1.82, 2.24) is 0 Å². The molecule has 17 heavy (non-hydrogen) atoms. The summed E-state index contributed by atoms with van der Waals surface area (Å²) >= 11 is 0. The van der Waals surface area contributed by atoms with Gasteiger partial charge in [-0.15, -0.1) is 0 Å². The smallest absolute Gasteiger partial charge is 0.332 e. The molecule has 0 aromatic heterocycles. The monoisotopic (exact) mass is 242 g/mol. The molecule has 0 aliphatic carbocycles. The Kier molecular flexibility index (Phi) is 5.93. The van der Waals surface area contributed by atoms with Gasteiger partial charge in [0.1, 0.15) is 0 Å². The summed E-state index contributed by atoms with van der Waals surface area (Å²) in [6, 6.07) is 0. The fraction of sp³-hybridized carbons (Fsp3) is 0.692. The summed E-state index contributed by atoms with van der Waals surface area (Å²) in [7, 11) is 0. The third-order valence-corrected chi connectivity index (χ3v) is 2.65. The van der Waals surface area contributed by atoms with Crippen molar-refractivity contribution in [2.75, 3.05) is 0 Å². The van der Waals surface area contributed by atoms with E-state index in [0.29, 0.717) is 12.3 Å². The molecule has 0 fully saturated rings. The lowest BCUT2D eigenvalue weighted by Gasteiger charge is -2.19. The van der Waals surface area contributed by atoms with E-state index in [-0.39, 0.29) is 23.0 Å². The first-order valence-electron chi connectivity index (χ1n) is 5.89. The van der Waals surface area contributed by atoms with Crippen molar-refractivity contribution >= 4 is 11.9 Å². The molecule has 0 aromatic carbocycles. The highest BCUT2D eigenvalue weighted by molar-refractivity contribution is 5.99. The maximum Gasteiger partial charge on any atom is 0.332 e. The standard InChI is InChI=1S/C13H22O4/c1-7(2)6-9(5)11(13(16)17)10(8(3)4)12(14)15/h7-9H,6H2,1-5H3,(H,14,15)(H,16,17). The second kappa shape index (κ2) is 6.42. The number of aliphatic carboxylic acids is 2. The van der Waals surface area contributed by atoms with Crippen LogP contribution in [0.25, 0.3) is 0 Å². The van der Waals surface area contributed by atoms with Crippen LogP contribution < -0.4 is 0 Å². The summed E-state index contributed by atoms with van der Waals surface area (Å²) in [6.45, 7) is 9.16. The quantitative estimate of drug-likeness (QED) is 0.702. The van der Waals surface area contributed by atoms with E-state index in [2.05, 4.69) is 0 Å². The van der Waals surface area contributed by atoms with Gasteiger partial charge in [-0.2, -0.15) is 0 Å². The van der Waals surface area contributed by atoms with Gasteiger partial charge in [-0.3, -0.25) is 0 Å². The molecule has 0 saturated heterocycles. The Bertz CT molecular complexity index is 326. The molecule has 0 rings (SSSR count). The fourth-order valence-electron chi connectivity index (χ4n) is 2.09. The highest BCUT2D eigenvalue weighted by Gasteiger charge is 2.27.